The van der Waals surface area contributed by atoms with Crippen molar-refractivity contribution in [2.75, 3.05) is 6.61 Å². The lowest BCUT2D eigenvalue weighted by Crippen LogP contribution is -2.53. The Morgan fingerprint density at radius 3 is 2.51 bits per heavy atom. The standard InChI is InChI=1S/C32H39NO6/c1-7-37-28(36)33-25(20-14-12-18(2)13-15-20)26(34)27(35)38-24-16-23-29(4,5)30(24,6)31-17-19(3)21-10-8-9-11-22(21)32(23,31)39-31/h8-15,19,23-26,34H,7,16-17H2,1-6H3,(H,33,36)/t19-,23?,24?,25-,26+,30?,31-,32+/m0/s1. The van der Waals surface area contributed by atoms with Crippen LogP contribution in [0, 0.1) is 23.7 Å². The van der Waals surface area contributed by atoms with Gasteiger partial charge in [0.05, 0.1) is 12.6 Å². The van der Waals surface area contributed by atoms with E-state index in [0.717, 1.165) is 12.0 Å². The van der Waals surface area contributed by atoms with E-state index in [1.54, 1.807) is 19.1 Å². The number of hydrogen-bond donors (Lipinski definition) is 2. The number of alkyl carbamates (subject to hydrolysis) is 1. The van der Waals surface area contributed by atoms with Crippen LogP contribution in [0.15, 0.2) is 48.5 Å². The summed E-state index contributed by atoms with van der Waals surface area (Å²) in [5.41, 5.74) is 2.88. The topological polar surface area (TPSA) is 97.4 Å². The largest absolute Gasteiger partial charge is 0.460 e. The fraction of sp³-hybridized carbons (Fsp3) is 0.562. The van der Waals surface area contributed by atoms with Crippen molar-refractivity contribution in [2.45, 2.75) is 89.8 Å². The number of carbonyl (C=O) groups is 2. The maximum absolute atomic E-state index is 13.6. The molecule has 0 radical (unpaired) electrons. The molecule has 0 spiro atoms. The molecule has 2 saturated carbocycles. The highest BCUT2D eigenvalue weighted by atomic mass is 16.6. The second-order valence-electron chi connectivity index (χ2n) is 12.7. The summed E-state index contributed by atoms with van der Waals surface area (Å²) in [7, 11) is 0. The summed E-state index contributed by atoms with van der Waals surface area (Å²) >= 11 is 0. The minimum atomic E-state index is -1.60. The number of ether oxygens (including phenoxy) is 3. The second-order valence-corrected chi connectivity index (χ2v) is 12.7. The Hall–Kier alpha value is -2.90. The highest BCUT2D eigenvalue weighted by molar-refractivity contribution is 5.78. The van der Waals surface area contributed by atoms with Gasteiger partial charge in [0.1, 0.15) is 17.3 Å². The van der Waals surface area contributed by atoms with Crippen molar-refractivity contribution in [2.24, 2.45) is 16.7 Å². The van der Waals surface area contributed by atoms with Gasteiger partial charge in [-0.05, 0) is 54.7 Å². The van der Waals surface area contributed by atoms with Gasteiger partial charge in [-0.2, -0.15) is 0 Å². The first-order valence-electron chi connectivity index (χ1n) is 14.1. The normalized spacial score (nSPS) is 36.1. The van der Waals surface area contributed by atoms with E-state index in [9.17, 15) is 14.7 Å². The van der Waals surface area contributed by atoms with Gasteiger partial charge in [-0.25, -0.2) is 9.59 Å². The van der Waals surface area contributed by atoms with E-state index in [4.69, 9.17) is 14.2 Å². The predicted molar refractivity (Wildman–Crippen MR) is 145 cm³/mol. The number of esters is 1. The lowest BCUT2D eigenvalue weighted by Gasteiger charge is -2.46. The van der Waals surface area contributed by atoms with Crippen LogP contribution >= 0.6 is 0 Å². The number of aliphatic hydroxyl groups excluding tert-OH is 1. The highest BCUT2D eigenvalue weighted by Gasteiger charge is 2.95. The quantitative estimate of drug-likeness (QED) is 0.387. The van der Waals surface area contributed by atoms with E-state index in [1.807, 2.05) is 19.1 Å². The smallest absolute Gasteiger partial charge is 0.407 e. The van der Waals surface area contributed by atoms with Crippen LogP contribution in [-0.4, -0.2) is 41.6 Å². The molecule has 3 fully saturated rings. The van der Waals surface area contributed by atoms with Crippen LogP contribution in [0.3, 0.4) is 0 Å². The molecule has 6 rings (SSSR count). The first kappa shape index (κ1) is 26.3. The monoisotopic (exact) mass is 533 g/mol. The molecule has 0 aromatic heterocycles. The number of benzene rings is 2. The highest BCUT2D eigenvalue weighted by Crippen LogP contribution is 2.89. The van der Waals surface area contributed by atoms with Gasteiger partial charge >= 0.3 is 12.1 Å². The first-order valence-corrected chi connectivity index (χ1v) is 14.1. The average Bonchev–Trinajstić information content (AvgIpc) is 3.53. The van der Waals surface area contributed by atoms with E-state index in [0.29, 0.717) is 17.9 Å². The molecule has 2 N–H and O–H groups in total. The zero-order chi connectivity index (χ0) is 28.0. The molecule has 3 unspecified atom stereocenters. The van der Waals surface area contributed by atoms with Crippen molar-refractivity contribution >= 4 is 12.1 Å². The zero-order valence-electron chi connectivity index (χ0n) is 23.6. The Labute approximate surface area is 230 Å². The van der Waals surface area contributed by atoms with E-state index < -0.39 is 41.3 Å². The molecular formula is C32H39NO6. The molecule has 2 bridgehead atoms. The van der Waals surface area contributed by atoms with Crippen LogP contribution in [-0.2, 0) is 24.6 Å². The molecule has 1 amide bonds. The third kappa shape index (κ3) is 3.23. The Balaban J connectivity index is 1.29. The molecule has 1 aliphatic heterocycles. The van der Waals surface area contributed by atoms with Crippen LogP contribution in [0.5, 0.6) is 0 Å². The number of aryl methyl sites for hydroxylation is 1. The first-order chi connectivity index (χ1) is 18.4. The number of nitrogens with one attached hydrogen (secondary N) is 1. The number of epoxide rings is 1. The molecule has 1 saturated heterocycles. The van der Waals surface area contributed by atoms with E-state index >= 15 is 0 Å². The SMILES string of the molecule is CCOC(=O)N[C@@H](c1ccc(C)cc1)[C@@H](O)C(=O)OC1CC2C(C)(C)C1(C)[C@@]13C[C@H](C)c4ccccc4[C@@]21O3. The molecule has 3 aliphatic carbocycles. The molecule has 1 heterocycles. The van der Waals surface area contributed by atoms with Gasteiger partial charge in [0, 0.05) is 11.3 Å². The van der Waals surface area contributed by atoms with Crippen molar-refractivity contribution in [3.8, 4) is 0 Å². The van der Waals surface area contributed by atoms with Gasteiger partial charge in [-0.3, -0.25) is 0 Å². The Morgan fingerprint density at radius 2 is 1.82 bits per heavy atom. The van der Waals surface area contributed by atoms with Crippen molar-refractivity contribution in [1.82, 2.24) is 5.32 Å². The fourth-order valence-corrected chi connectivity index (χ4v) is 8.67. The maximum Gasteiger partial charge on any atom is 0.407 e. The summed E-state index contributed by atoms with van der Waals surface area (Å²) in [6, 6.07) is 14.9. The Bertz CT molecular complexity index is 1320. The zero-order valence-corrected chi connectivity index (χ0v) is 23.6. The van der Waals surface area contributed by atoms with E-state index in [2.05, 4.69) is 57.3 Å². The molecule has 7 nitrogen and oxygen atoms in total. The van der Waals surface area contributed by atoms with Gasteiger partial charge < -0.3 is 24.6 Å². The van der Waals surface area contributed by atoms with Gasteiger partial charge in [0.2, 0.25) is 0 Å². The molecule has 2 aromatic rings. The fourth-order valence-electron chi connectivity index (χ4n) is 8.67. The second kappa shape index (κ2) is 8.55. The van der Waals surface area contributed by atoms with Crippen LogP contribution in [0.2, 0.25) is 0 Å². The summed E-state index contributed by atoms with van der Waals surface area (Å²) in [6.45, 7) is 12.8. The third-order valence-corrected chi connectivity index (χ3v) is 10.8. The summed E-state index contributed by atoms with van der Waals surface area (Å²) < 4.78 is 18.1. The summed E-state index contributed by atoms with van der Waals surface area (Å²) in [6.07, 6.45) is -1.20. The average molecular weight is 534 g/mol. The van der Waals surface area contributed by atoms with Crippen molar-refractivity contribution in [3.05, 3.63) is 70.8 Å². The van der Waals surface area contributed by atoms with Crippen LogP contribution in [0.25, 0.3) is 0 Å². The number of amides is 1. The minimum absolute atomic E-state index is 0.155. The maximum atomic E-state index is 13.6. The number of rotatable bonds is 6. The molecule has 2 aromatic carbocycles. The lowest BCUT2D eigenvalue weighted by atomic mass is 9.58. The van der Waals surface area contributed by atoms with Crippen LogP contribution < -0.4 is 5.32 Å². The van der Waals surface area contributed by atoms with Crippen molar-refractivity contribution in [3.63, 3.8) is 0 Å². The summed E-state index contributed by atoms with van der Waals surface area (Å²) in [4.78, 5) is 25.9. The van der Waals surface area contributed by atoms with E-state index in [-0.39, 0.29) is 23.5 Å². The minimum Gasteiger partial charge on any atom is -0.460 e. The van der Waals surface area contributed by atoms with Crippen LogP contribution in [0.4, 0.5) is 4.79 Å². The predicted octanol–water partition coefficient (Wildman–Crippen LogP) is 5.29. The van der Waals surface area contributed by atoms with Gasteiger partial charge in [0.25, 0.3) is 0 Å². The molecule has 208 valence electrons. The van der Waals surface area contributed by atoms with Crippen molar-refractivity contribution in [1.29, 1.82) is 0 Å². The van der Waals surface area contributed by atoms with Crippen LogP contribution in [0.1, 0.15) is 81.7 Å². The lowest BCUT2D eigenvalue weighted by molar-refractivity contribution is -0.173. The molecule has 8 atom stereocenters. The number of fused-ring (bicyclic) bond motifs is 3. The van der Waals surface area contributed by atoms with Gasteiger partial charge in [0.15, 0.2) is 6.10 Å². The summed E-state index contributed by atoms with van der Waals surface area (Å²) in [5.74, 6) is -0.256. The molecule has 39 heavy (non-hydrogen) atoms. The Morgan fingerprint density at radius 1 is 1.13 bits per heavy atom. The van der Waals surface area contributed by atoms with Gasteiger partial charge in [-0.15, -0.1) is 0 Å². The van der Waals surface area contributed by atoms with Gasteiger partial charge in [-0.1, -0.05) is 81.8 Å². The summed E-state index contributed by atoms with van der Waals surface area (Å²) in [5, 5.41) is 13.9. The molecular weight excluding hydrogens is 494 g/mol. The third-order valence-electron chi connectivity index (χ3n) is 10.8. The van der Waals surface area contributed by atoms with E-state index in [1.165, 1.54) is 11.1 Å². The van der Waals surface area contributed by atoms with Crippen molar-refractivity contribution < 1.29 is 28.9 Å². The number of aliphatic hydroxyl groups is 1. The molecule has 4 aliphatic rings. The Kier molecular flexibility index (Phi) is 5.77. The number of hydrogen-bond acceptors (Lipinski definition) is 6. The molecule has 7 heteroatoms. The number of carbonyl (C=O) groups excluding carboxylic acids is 2.